The van der Waals surface area contributed by atoms with Gasteiger partial charge in [-0.2, -0.15) is 16.9 Å². The molecule has 2 fully saturated rings. The van der Waals surface area contributed by atoms with Gasteiger partial charge in [0.1, 0.15) is 0 Å². The first-order valence-electron chi connectivity index (χ1n) is 9.35. The summed E-state index contributed by atoms with van der Waals surface area (Å²) in [6, 6.07) is -0.131. The van der Waals surface area contributed by atoms with Crippen LogP contribution in [0.15, 0.2) is 9.59 Å². The zero-order chi connectivity index (χ0) is 19.4. The first-order chi connectivity index (χ1) is 13.0. The van der Waals surface area contributed by atoms with E-state index in [1.54, 1.807) is 0 Å². The summed E-state index contributed by atoms with van der Waals surface area (Å²) in [5, 5.41) is 6.33. The number of aromatic nitrogens is 3. The van der Waals surface area contributed by atoms with Gasteiger partial charge in [-0.3, -0.25) is 19.4 Å². The maximum atomic E-state index is 12.5. The number of nitrogens with one attached hydrogen (secondary N) is 2. The molecule has 1 saturated heterocycles. The Hall–Kier alpha value is -2.10. The largest absolute Gasteiger partial charge is 0.342 e. The van der Waals surface area contributed by atoms with Crippen molar-refractivity contribution in [3.05, 3.63) is 26.5 Å². The lowest BCUT2D eigenvalue weighted by molar-refractivity contribution is -0.134. The van der Waals surface area contributed by atoms with Crippen LogP contribution in [0.25, 0.3) is 0 Å². The molecule has 2 N–H and O–H groups in total. The number of aromatic amines is 2. The van der Waals surface area contributed by atoms with Gasteiger partial charge in [0.05, 0.1) is 0 Å². The van der Waals surface area contributed by atoms with E-state index in [0.717, 1.165) is 5.75 Å². The van der Waals surface area contributed by atoms with Crippen LogP contribution in [0.5, 0.6) is 0 Å². The Balaban J connectivity index is 1.52. The molecule has 1 saturated carbocycles. The number of hydrogen-bond acceptors (Lipinski definition) is 6. The van der Waals surface area contributed by atoms with Crippen LogP contribution in [-0.2, 0) is 4.79 Å². The van der Waals surface area contributed by atoms with Gasteiger partial charge in [0.15, 0.2) is 0 Å². The molecule has 148 valence electrons. The molecule has 2 amide bonds. The van der Waals surface area contributed by atoms with Gasteiger partial charge in [0.2, 0.25) is 11.6 Å². The number of nitrogens with zero attached hydrogens (tertiary/aromatic N) is 3. The van der Waals surface area contributed by atoms with Gasteiger partial charge < -0.3 is 9.80 Å². The zero-order valence-corrected chi connectivity index (χ0v) is 16.2. The number of carbonyl (C=O) groups excluding carboxylic acids is 2. The minimum atomic E-state index is -0.807. The van der Waals surface area contributed by atoms with Crippen molar-refractivity contribution in [2.75, 3.05) is 25.4 Å². The summed E-state index contributed by atoms with van der Waals surface area (Å²) in [5.74, 6) is 0.412. The summed E-state index contributed by atoms with van der Waals surface area (Å²) in [6.45, 7) is 3.00. The molecule has 1 atom stereocenters. The van der Waals surface area contributed by atoms with Gasteiger partial charge >= 0.3 is 5.69 Å². The van der Waals surface area contributed by atoms with Crippen LogP contribution < -0.4 is 11.2 Å². The fraction of sp³-hybridized carbons (Fsp3) is 0.706. The summed E-state index contributed by atoms with van der Waals surface area (Å²) in [4.78, 5) is 53.1. The predicted octanol–water partition coefficient (Wildman–Crippen LogP) is 0.197. The van der Waals surface area contributed by atoms with Gasteiger partial charge in [0, 0.05) is 43.1 Å². The van der Waals surface area contributed by atoms with Crippen LogP contribution >= 0.6 is 11.8 Å². The maximum Gasteiger partial charge on any atom is 0.342 e. The highest BCUT2D eigenvalue weighted by molar-refractivity contribution is 7.99. The summed E-state index contributed by atoms with van der Waals surface area (Å²) in [6.07, 6.45) is 5.62. The number of piperazine rings is 1. The number of hydrogen-bond donors (Lipinski definition) is 2. The quantitative estimate of drug-likeness (QED) is 0.735. The van der Waals surface area contributed by atoms with Gasteiger partial charge in [-0.05, 0) is 19.8 Å². The Morgan fingerprint density at radius 2 is 1.96 bits per heavy atom. The van der Waals surface area contributed by atoms with E-state index in [1.165, 1.54) is 30.6 Å². The number of carbonyl (C=O) groups is 2. The fourth-order valence-corrected chi connectivity index (χ4v) is 4.96. The highest BCUT2D eigenvalue weighted by Crippen LogP contribution is 2.29. The van der Waals surface area contributed by atoms with Crippen molar-refractivity contribution in [3.63, 3.8) is 0 Å². The third-order valence-corrected chi connectivity index (χ3v) is 6.50. The van der Waals surface area contributed by atoms with Gasteiger partial charge in [0.25, 0.3) is 11.5 Å². The highest BCUT2D eigenvalue weighted by atomic mass is 32.2. The van der Waals surface area contributed by atoms with Crippen LogP contribution in [0.2, 0.25) is 0 Å². The molecule has 0 unspecified atom stereocenters. The summed E-state index contributed by atoms with van der Waals surface area (Å²) >= 11 is 1.90. The maximum absolute atomic E-state index is 12.5. The van der Waals surface area contributed by atoms with Crippen molar-refractivity contribution in [1.82, 2.24) is 25.0 Å². The lowest BCUT2D eigenvalue weighted by Gasteiger charge is -2.39. The van der Waals surface area contributed by atoms with Crippen molar-refractivity contribution in [2.45, 2.75) is 50.3 Å². The molecule has 1 aromatic heterocycles. The number of thioether (sulfide) groups is 1. The minimum Gasteiger partial charge on any atom is -0.336 e. The first kappa shape index (κ1) is 19.7. The molecule has 1 aliphatic heterocycles. The first-order valence-corrected chi connectivity index (χ1v) is 10.4. The number of amides is 2. The summed E-state index contributed by atoms with van der Waals surface area (Å²) < 4.78 is 0. The normalized spacial score (nSPS) is 20.9. The van der Waals surface area contributed by atoms with Crippen molar-refractivity contribution in [1.29, 1.82) is 0 Å². The molecule has 1 aliphatic carbocycles. The Labute approximate surface area is 160 Å². The average molecular weight is 395 g/mol. The van der Waals surface area contributed by atoms with E-state index in [4.69, 9.17) is 0 Å². The highest BCUT2D eigenvalue weighted by Gasteiger charge is 2.31. The summed E-state index contributed by atoms with van der Waals surface area (Å²) in [7, 11) is 0. The van der Waals surface area contributed by atoms with E-state index in [0.29, 0.717) is 31.3 Å². The Morgan fingerprint density at radius 1 is 1.22 bits per heavy atom. The standard InChI is InChI=1S/C17H25N5O4S/c1-11-10-21(16(25)14-15(24)18-17(26)20-19-14)7-8-22(11)13(23)6-9-27-12-4-2-3-5-12/h11-12H,2-10H2,1H3,(H2,18,20,24,26)/t11-/m1/s1. The van der Waals surface area contributed by atoms with Crippen LogP contribution in [0.1, 0.15) is 49.5 Å². The number of rotatable bonds is 5. The van der Waals surface area contributed by atoms with Crippen molar-refractivity contribution >= 4 is 23.6 Å². The Kier molecular flexibility index (Phi) is 6.35. The smallest absolute Gasteiger partial charge is 0.336 e. The van der Waals surface area contributed by atoms with E-state index in [1.807, 2.05) is 28.6 Å². The molecule has 2 aliphatic rings. The van der Waals surface area contributed by atoms with E-state index in [9.17, 15) is 19.2 Å². The summed E-state index contributed by atoms with van der Waals surface area (Å²) in [5.41, 5.74) is -1.90. The monoisotopic (exact) mass is 395 g/mol. The molecule has 3 rings (SSSR count). The van der Waals surface area contributed by atoms with Crippen LogP contribution in [-0.4, -0.2) is 73.5 Å². The average Bonchev–Trinajstić information content (AvgIpc) is 3.14. The van der Waals surface area contributed by atoms with E-state index >= 15 is 0 Å². The molecule has 0 spiro atoms. The lowest BCUT2D eigenvalue weighted by Crippen LogP contribution is -2.56. The molecule has 0 aromatic carbocycles. The van der Waals surface area contributed by atoms with Gasteiger partial charge in [-0.15, -0.1) is 0 Å². The molecule has 10 heteroatoms. The van der Waals surface area contributed by atoms with Crippen molar-refractivity contribution in [2.24, 2.45) is 0 Å². The van der Waals surface area contributed by atoms with Crippen LogP contribution in [0.3, 0.4) is 0 Å². The third kappa shape index (κ3) is 4.79. The fourth-order valence-electron chi connectivity index (χ4n) is 3.67. The Bertz CT molecular complexity index is 801. The van der Waals surface area contributed by atoms with E-state index in [-0.39, 0.29) is 17.6 Å². The lowest BCUT2D eigenvalue weighted by atomic mass is 10.1. The molecule has 2 heterocycles. The minimum absolute atomic E-state index is 0.111. The molecular formula is C17H25N5O4S. The van der Waals surface area contributed by atoms with Crippen molar-refractivity contribution in [3.8, 4) is 0 Å². The Morgan fingerprint density at radius 3 is 2.63 bits per heavy atom. The van der Waals surface area contributed by atoms with Gasteiger partial charge in [-0.1, -0.05) is 12.8 Å². The molecule has 9 nitrogen and oxygen atoms in total. The molecule has 1 aromatic rings. The molecule has 27 heavy (non-hydrogen) atoms. The van der Waals surface area contributed by atoms with Gasteiger partial charge in [-0.25, -0.2) is 9.89 Å². The third-order valence-electron chi connectivity index (χ3n) is 5.12. The second kappa shape index (κ2) is 8.73. The molecule has 0 bridgehead atoms. The zero-order valence-electron chi connectivity index (χ0n) is 15.4. The van der Waals surface area contributed by atoms with E-state index < -0.39 is 17.2 Å². The van der Waals surface area contributed by atoms with Crippen LogP contribution in [0, 0.1) is 0 Å². The van der Waals surface area contributed by atoms with Crippen molar-refractivity contribution < 1.29 is 9.59 Å². The second-order valence-corrected chi connectivity index (χ2v) is 8.48. The second-order valence-electron chi connectivity index (χ2n) is 7.07. The predicted molar refractivity (Wildman–Crippen MR) is 102 cm³/mol. The van der Waals surface area contributed by atoms with E-state index in [2.05, 4.69) is 10.2 Å². The number of H-pyrrole nitrogens is 2. The topological polar surface area (TPSA) is 119 Å². The van der Waals surface area contributed by atoms with Crippen LogP contribution in [0.4, 0.5) is 0 Å². The SMILES string of the molecule is C[C@@H]1CN(C(=O)c2n[nH]c(=O)[nH]c2=O)CCN1C(=O)CCSC1CCCC1. The molecular weight excluding hydrogens is 370 g/mol. The molecule has 0 radical (unpaired) electrons.